The molecule has 2 nitrogen and oxygen atoms in total. The van der Waals surface area contributed by atoms with E-state index in [0.29, 0.717) is 5.41 Å². The maximum atomic E-state index is 4.12. The molecule has 0 fully saturated rings. The van der Waals surface area contributed by atoms with Crippen LogP contribution in [0, 0.1) is 18.4 Å². The van der Waals surface area contributed by atoms with Crippen LogP contribution in [0.5, 0.6) is 0 Å². The van der Waals surface area contributed by atoms with Gasteiger partial charge in [-0.15, -0.1) is 0 Å². The second kappa shape index (κ2) is 5.88. The summed E-state index contributed by atoms with van der Waals surface area (Å²) >= 11 is 0. The second-order valence-electron chi connectivity index (χ2n) is 5.55. The number of nitrogens with zero attached hydrogens (tertiary/aromatic N) is 1. The van der Waals surface area contributed by atoms with E-state index in [9.17, 15) is 0 Å². The van der Waals surface area contributed by atoms with E-state index in [1.54, 1.807) is 6.20 Å². The zero-order valence-electron chi connectivity index (χ0n) is 10.9. The molecule has 1 N–H and O–H groups in total. The summed E-state index contributed by atoms with van der Waals surface area (Å²) in [6.07, 6.45) is 5.51. The Morgan fingerprint density at radius 3 is 2.69 bits per heavy atom. The van der Waals surface area contributed by atoms with Crippen LogP contribution in [0.25, 0.3) is 0 Å². The van der Waals surface area contributed by atoms with Crippen LogP contribution in [0.1, 0.15) is 45.7 Å². The zero-order chi connectivity index (χ0) is 12.0. The third kappa shape index (κ3) is 5.74. The highest BCUT2D eigenvalue weighted by atomic mass is 14.9. The number of hydrogen-bond donors (Lipinski definition) is 1. The van der Waals surface area contributed by atoms with Crippen LogP contribution >= 0.6 is 0 Å². The largest absolute Gasteiger partial charge is 0.384 e. The predicted octanol–water partition coefficient (Wildman–Crippen LogP) is 3.82. The molecular formula is C14H23N2. The van der Waals surface area contributed by atoms with E-state index in [0.717, 1.165) is 17.9 Å². The lowest BCUT2D eigenvalue weighted by molar-refractivity contribution is 0.362. The Kier molecular flexibility index (Phi) is 4.78. The van der Waals surface area contributed by atoms with E-state index in [4.69, 9.17) is 0 Å². The minimum absolute atomic E-state index is 0.458. The molecule has 1 heterocycles. The standard InChI is InChI=1S/C14H23N2/c1-12-11-13(7-10-15-12)16-9-6-5-8-14(2,3)4/h10-11H,5-6,8-9H2,1-4H3,(H,15,16). The molecule has 16 heavy (non-hydrogen) atoms. The van der Waals surface area contributed by atoms with Crippen molar-refractivity contribution in [2.24, 2.45) is 5.41 Å². The first-order valence-electron chi connectivity index (χ1n) is 6.05. The molecule has 0 atom stereocenters. The highest BCUT2D eigenvalue weighted by Gasteiger charge is 2.08. The van der Waals surface area contributed by atoms with Crippen molar-refractivity contribution in [2.75, 3.05) is 11.9 Å². The Bertz CT molecular complexity index is 313. The van der Waals surface area contributed by atoms with E-state index >= 15 is 0 Å². The van der Waals surface area contributed by atoms with Crippen LogP contribution in [0.3, 0.4) is 0 Å². The first-order valence-corrected chi connectivity index (χ1v) is 6.05. The normalized spacial score (nSPS) is 11.5. The molecule has 0 aliphatic rings. The van der Waals surface area contributed by atoms with Crippen molar-refractivity contribution in [2.45, 2.75) is 47.0 Å². The summed E-state index contributed by atoms with van der Waals surface area (Å²) in [6.45, 7) is 9.90. The molecule has 0 saturated heterocycles. The fourth-order valence-electron chi connectivity index (χ4n) is 1.60. The van der Waals surface area contributed by atoms with Gasteiger partial charge in [0, 0.05) is 30.2 Å². The third-order valence-electron chi connectivity index (χ3n) is 2.51. The molecule has 0 unspecified atom stereocenters. The molecule has 1 aromatic heterocycles. The average Bonchev–Trinajstić information content (AvgIpc) is 2.15. The summed E-state index contributed by atoms with van der Waals surface area (Å²) in [4.78, 5) is 4.12. The monoisotopic (exact) mass is 219 g/mol. The van der Waals surface area contributed by atoms with Gasteiger partial charge < -0.3 is 5.32 Å². The maximum absolute atomic E-state index is 4.12. The van der Waals surface area contributed by atoms with Crippen molar-refractivity contribution in [1.29, 1.82) is 0 Å². The highest BCUT2D eigenvalue weighted by molar-refractivity contribution is 5.41. The second-order valence-corrected chi connectivity index (χ2v) is 5.55. The van der Waals surface area contributed by atoms with Gasteiger partial charge >= 0.3 is 0 Å². The van der Waals surface area contributed by atoms with E-state index in [1.165, 1.54) is 19.3 Å². The van der Waals surface area contributed by atoms with Crippen LogP contribution < -0.4 is 5.32 Å². The number of aromatic nitrogens is 1. The lowest BCUT2D eigenvalue weighted by Gasteiger charge is -2.17. The molecule has 0 aromatic carbocycles. The number of rotatable bonds is 5. The van der Waals surface area contributed by atoms with Gasteiger partial charge in [-0.2, -0.15) is 0 Å². The summed E-state index contributed by atoms with van der Waals surface area (Å²) in [6, 6.07) is 5.13. The Hall–Kier alpha value is -1.05. The predicted molar refractivity (Wildman–Crippen MR) is 69.6 cm³/mol. The summed E-state index contributed by atoms with van der Waals surface area (Å²) in [5, 5.41) is 3.38. The van der Waals surface area contributed by atoms with Gasteiger partial charge in [0.25, 0.3) is 0 Å². The van der Waals surface area contributed by atoms with Crippen molar-refractivity contribution < 1.29 is 0 Å². The Morgan fingerprint density at radius 2 is 2.06 bits per heavy atom. The number of hydrogen-bond acceptors (Lipinski definition) is 2. The topological polar surface area (TPSA) is 24.9 Å². The van der Waals surface area contributed by atoms with E-state index < -0.39 is 0 Å². The molecule has 0 aliphatic heterocycles. The molecule has 0 amide bonds. The van der Waals surface area contributed by atoms with Crippen molar-refractivity contribution in [3.05, 3.63) is 24.0 Å². The summed E-state index contributed by atoms with van der Waals surface area (Å²) in [7, 11) is 0. The SMILES string of the molecule is Cc1cc(NCCCCC(C)(C)C)[c]cn1. The van der Waals surface area contributed by atoms with Gasteiger partial charge in [0.2, 0.25) is 0 Å². The Morgan fingerprint density at radius 1 is 1.31 bits per heavy atom. The zero-order valence-corrected chi connectivity index (χ0v) is 10.9. The average molecular weight is 219 g/mol. The highest BCUT2D eigenvalue weighted by Crippen LogP contribution is 2.21. The number of aryl methyl sites for hydroxylation is 1. The van der Waals surface area contributed by atoms with Crippen molar-refractivity contribution in [3.63, 3.8) is 0 Å². The fourth-order valence-corrected chi connectivity index (χ4v) is 1.60. The van der Waals surface area contributed by atoms with Gasteiger partial charge in [-0.05, 0) is 31.2 Å². The number of unbranched alkanes of at least 4 members (excludes halogenated alkanes) is 1. The fraction of sp³-hybridized carbons (Fsp3) is 0.643. The Labute approximate surface area is 99.5 Å². The van der Waals surface area contributed by atoms with E-state index in [1.807, 2.05) is 13.0 Å². The van der Waals surface area contributed by atoms with Gasteiger partial charge in [-0.3, -0.25) is 4.98 Å². The van der Waals surface area contributed by atoms with Crippen molar-refractivity contribution in [3.8, 4) is 0 Å². The molecule has 89 valence electrons. The summed E-state index contributed by atoms with van der Waals surface area (Å²) in [5.74, 6) is 0. The van der Waals surface area contributed by atoms with Crippen LogP contribution in [-0.2, 0) is 0 Å². The van der Waals surface area contributed by atoms with Crippen molar-refractivity contribution >= 4 is 5.69 Å². The smallest absolute Gasteiger partial charge is 0.0455 e. The lowest BCUT2D eigenvalue weighted by Crippen LogP contribution is -2.07. The Balaban J connectivity index is 2.17. The van der Waals surface area contributed by atoms with Crippen LogP contribution in [0.15, 0.2) is 12.3 Å². The van der Waals surface area contributed by atoms with Crippen molar-refractivity contribution in [1.82, 2.24) is 4.98 Å². The summed E-state index contributed by atoms with van der Waals surface area (Å²) < 4.78 is 0. The van der Waals surface area contributed by atoms with Gasteiger partial charge in [0.1, 0.15) is 0 Å². The number of anilines is 1. The van der Waals surface area contributed by atoms with Crippen LogP contribution in [-0.4, -0.2) is 11.5 Å². The molecule has 0 aliphatic carbocycles. The first kappa shape index (κ1) is 13.0. The maximum Gasteiger partial charge on any atom is 0.0455 e. The molecule has 2 heteroatoms. The van der Waals surface area contributed by atoms with Gasteiger partial charge in [-0.1, -0.05) is 27.2 Å². The molecule has 0 bridgehead atoms. The lowest BCUT2D eigenvalue weighted by atomic mass is 9.90. The third-order valence-corrected chi connectivity index (χ3v) is 2.51. The molecule has 0 spiro atoms. The minimum Gasteiger partial charge on any atom is -0.384 e. The molecule has 1 radical (unpaired) electrons. The number of nitrogens with one attached hydrogen (secondary N) is 1. The molecular weight excluding hydrogens is 196 g/mol. The van der Waals surface area contributed by atoms with Gasteiger partial charge in [0.15, 0.2) is 0 Å². The quantitative estimate of drug-likeness (QED) is 0.761. The van der Waals surface area contributed by atoms with Crippen LogP contribution in [0.4, 0.5) is 5.69 Å². The van der Waals surface area contributed by atoms with Crippen LogP contribution in [0.2, 0.25) is 0 Å². The molecule has 1 aromatic rings. The van der Waals surface area contributed by atoms with Gasteiger partial charge in [-0.25, -0.2) is 0 Å². The summed E-state index contributed by atoms with van der Waals surface area (Å²) in [5.41, 5.74) is 2.55. The van der Waals surface area contributed by atoms with E-state index in [2.05, 4.69) is 37.1 Å². The molecule has 0 saturated carbocycles. The number of pyridine rings is 1. The van der Waals surface area contributed by atoms with E-state index in [-0.39, 0.29) is 0 Å². The minimum atomic E-state index is 0.458. The van der Waals surface area contributed by atoms with Gasteiger partial charge in [0.05, 0.1) is 0 Å². The molecule has 1 rings (SSSR count). The first-order chi connectivity index (χ1) is 7.47.